The van der Waals surface area contributed by atoms with E-state index in [-0.39, 0.29) is 5.92 Å². The topological polar surface area (TPSA) is 72.3 Å². The largest absolute Gasteiger partial charge is 0.442 e. The summed E-state index contributed by atoms with van der Waals surface area (Å²) >= 11 is 0. The van der Waals surface area contributed by atoms with Crippen LogP contribution in [0.4, 0.5) is 0 Å². The first-order valence-electron chi connectivity index (χ1n) is 7.18. The van der Waals surface area contributed by atoms with Crippen molar-refractivity contribution in [3.63, 3.8) is 0 Å². The van der Waals surface area contributed by atoms with Gasteiger partial charge in [-0.2, -0.15) is 0 Å². The highest BCUT2D eigenvalue weighted by Crippen LogP contribution is 2.46. The van der Waals surface area contributed by atoms with Crippen molar-refractivity contribution in [2.24, 2.45) is 11.7 Å². The van der Waals surface area contributed by atoms with E-state index in [1.807, 2.05) is 30.3 Å². The van der Waals surface area contributed by atoms with Crippen LogP contribution in [-0.2, 0) is 12.0 Å². The zero-order valence-corrected chi connectivity index (χ0v) is 11.5. The fraction of sp³-hybridized carbons (Fsp3) is 0.438. The van der Waals surface area contributed by atoms with Gasteiger partial charge in [-0.1, -0.05) is 36.8 Å². The average Bonchev–Trinajstić information content (AvgIpc) is 2.87. The summed E-state index contributed by atoms with van der Waals surface area (Å²) < 4.78 is 5.76. The molecule has 0 aliphatic heterocycles. The lowest BCUT2D eigenvalue weighted by molar-refractivity contribution is -0.0413. The fourth-order valence-corrected chi connectivity index (χ4v) is 2.79. The number of rotatable bonds is 5. The Bertz CT molecular complexity index is 563. The third-order valence-corrected chi connectivity index (χ3v) is 4.18. The predicted octanol–water partition coefficient (Wildman–Crippen LogP) is 2.21. The molecule has 1 unspecified atom stereocenters. The van der Waals surface area contributed by atoms with Gasteiger partial charge in [-0.3, -0.25) is 0 Å². The molecule has 1 aliphatic rings. The van der Waals surface area contributed by atoms with Gasteiger partial charge < -0.3 is 15.3 Å². The first-order chi connectivity index (χ1) is 9.75. The summed E-state index contributed by atoms with van der Waals surface area (Å²) in [5.74, 6) is 1.31. The molecule has 3 N–H and O–H groups in total. The molecule has 1 heterocycles. The van der Waals surface area contributed by atoms with E-state index in [9.17, 15) is 5.11 Å². The van der Waals surface area contributed by atoms with Crippen LogP contribution < -0.4 is 5.73 Å². The average molecular weight is 272 g/mol. The number of aliphatic hydroxyl groups is 1. The zero-order chi connectivity index (χ0) is 14.0. The summed E-state index contributed by atoms with van der Waals surface area (Å²) in [4.78, 5) is 4.31. The second kappa shape index (κ2) is 5.38. The predicted molar refractivity (Wildman–Crippen MR) is 76.0 cm³/mol. The van der Waals surface area contributed by atoms with E-state index in [1.165, 1.54) is 0 Å². The highest BCUT2D eigenvalue weighted by Gasteiger charge is 2.46. The quantitative estimate of drug-likeness (QED) is 0.875. The molecule has 0 radical (unpaired) electrons. The second-order valence-corrected chi connectivity index (χ2v) is 5.43. The molecule has 1 fully saturated rings. The van der Waals surface area contributed by atoms with E-state index < -0.39 is 5.60 Å². The van der Waals surface area contributed by atoms with Crippen LogP contribution in [0.1, 0.15) is 36.5 Å². The number of nitrogens with two attached hydrogens (primary N) is 1. The Kier molecular flexibility index (Phi) is 3.59. The molecule has 3 rings (SSSR count). The molecular weight excluding hydrogens is 252 g/mol. The third kappa shape index (κ3) is 2.15. The van der Waals surface area contributed by atoms with Gasteiger partial charge in [0.1, 0.15) is 5.76 Å². The molecule has 20 heavy (non-hydrogen) atoms. The minimum Gasteiger partial charge on any atom is -0.442 e. The van der Waals surface area contributed by atoms with E-state index in [4.69, 9.17) is 10.2 Å². The van der Waals surface area contributed by atoms with E-state index in [1.54, 1.807) is 6.20 Å². The Balaban J connectivity index is 2.00. The highest BCUT2D eigenvalue weighted by atomic mass is 16.4. The molecule has 1 aromatic heterocycles. The molecule has 4 heteroatoms. The fourth-order valence-electron chi connectivity index (χ4n) is 2.79. The maximum Gasteiger partial charge on any atom is 0.231 e. The number of nitrogens with zero attached hydrogens (tertiary/aromatic N) is 1. The van der Waals surface area contributed by atoms with Crippen molar-refractivity contribution < 1.29 is 9.52 Å². The molecule has 4 nitrogen and oxygen atoms in total. The normalized spacial score (nSPS) is 18.5. The van der Waals surface area contributed by atoms with Gasteiger partial charge in [0.25, 0.3) is 0 Å². The van der Waals surface area contributed by atoms with Crippen molar-refractivity contribution in [2.45, 2.75) is 31.3 Å². The van der Waals surface area contributed by atoms with Gasteiger partial charge in [0.2, 0.25) is 5.89 Å². The summed E-state index contributed by atoms with van der Waals surface area (Å²) in [5.41, 5.74) is 5.27. The van der Waals surface area contributed by atoms with Gasteiger partial charge in [-0.15, -0.1) is 0 Å². The summed E-state index contributed by atoms with van der Waals surface area (Å²) in [6, 6.07) is 9.68. The first kappa shape index (κ1) is 13.3. The van der Waals surface area contributed by atoms with Crippen LogP contribution in [0.2, 0.25) is 0 Å². The van der Waals surface area contributed by atoms with Crippen LogP contribution in [0.5, 0.6) is 0 Å². The number of oxazole rings is 1. The van der Waals surface area contributed by atoms with Crippen molar-refractivity contribution >= 4 is 0 Å². The summed E-state index contributed by atoms with van der Waals surface area (Å²) in [6.07, 6.45) is 5.47. The molecule has 1 aromatic carbocycles. The van der Waals surface area contributed by atoms with Crippen LogP contribution in [-0.4, -0.2) is 16.6 Å². The van der Waals surface area contributed by atoms with Crippen molar-refractivity contribution in [2.75, 3.05) is 6.54 Å². The SMILES string of the molecule is NCCc1cnc(C(O)(c2ccccc2)C2CCC2)o1. The van der Waals surface area contributed by atoms with Gasteiger partial charge in [0.15, 0.2) is 5.60 Å². The maximum absolute atomic E-state index is 11.3. The van der Waals surface area contributed by atoms with Gasteiger partial charge in [0, 0.05) is 12.3 Å². The Hall–Kier alpha value is -1.65. The summed E-state index contributed by atoms with van der Waals surface area (Å²) in [5, 5.41) is 11.3. The van der Waals surface area contributed by atoms with Gasteiger partial charge >= 0.3 is 0 Å². The van der Waals surface area contributed by atoms with Gasteiger partial charge in [-0.05, 0) is 24.9 Å². The maximum atomic E-state index is 11.3. The van der Waals surface area contributed by atoms with Crippen LogP contribution >= 0.6 is 0 Å². The third-order valence-electron chi connectivity index (χ3n) is 4.18. The number of benzene rings is 1. The summed E-state index contributed by atoms with van der Waals surface area (Å²) in [7, 11) is 0. The molecule has 1 aliphatic carbocycles. The molecule has 0 bridgehead atoms. The Labute approximate surface area is 118 Å². The number of hydrogen-bond donors (Lipinski definition) is 2. The molecule has 0 saturated heterocycles. The lowest BCUT2D eigenvalue weighted by Gasteiger charge is -2.39. The molecule has 0 amide bonds. The van der Waals surface area contributed by atoms with Crippen molar-refractivity contribution in [3.8, 4) is 0 Å². The van der Waals surface area contributed by atoms with E-state index >= 15 is 0 Å². The number of aromatic nitrogens is 1. The molecule has 1 saturated carbocycles. The molecular formula is C16H20N2O2. The van der Waals surface area contributed by atoms with Crippen LogP contribution in [0.3, 0.4) is 0 Å². The second-order valence-electron chi connectivity index (χ2n) is 5.43. The first-order valence-corrected chi connectivity index (χ1v) is 7.18. The smallest absolute Gasteiger partial charge is 0.231 e. The van der Waals surface area contributed by atoms with Gasteiger partial charge in [0.05, 0.1) is 6.20 Å². The minimum atomic E-state index is -1.12. The van der Waals surface area contributed by atoms with Gasteiger partial charge in [-0.25, -0.2) is 4.98 Å². The summed E-state index contributed by atoms with van der Waals surface area (Å²) in [6.45, 7) is 0.516. The standard InChI is InChI=1S/C16H20N2O2/c17-10-9-14-11-18-15(20-14)16(19,13-7-4-8-13)12-5-2-1-3-6-12/h1-3,5-6,11,13,19H,4,7-10,17H2. The minimum absolute atomic E-state index is 0.175. The monoisotopic (exact) mass is 272 g/mol. The molecule has 0 spiro atoms. The Morgan fingerprint density at radius 1 is 1.30 bits per heavy atom. The van der Waals surface area contributed by atoms with E-state index in [0.717, 1.165) is 30.6 Å². The van der Waals surface area contributed by atoms with E-state index in [2.05, 4.69) is 4.98 Å². The Morgan fingerprint density at radius 3 is 2.65 bits per heavy atom. The lowest BCUT2D eigenvalue weighted by atomic mass is 9.69. The zero-order valence-electron chi connectivity index (χ0n) is 11.5. The number of hydrogen-bond acceptors (Lipinski definition) is 4. The molecule has 2 aromatic rings. The van der Waals surface area contributed by atoms with Crippen LogP contribution in [0.15, 0.2) is 40.9 Å². The lowest BCUT2D eigenvalue weighted by Crippen LogP contribution is -2.40. The van der Waals surface area contributed by atoms with E-state index in [0.29, 0.717) is 18.9 Å². The van der Waals surface area contributed by atoms with Crippen LogP contribution in [0, 0.1) is 5.92 Å². The van der Waals surface area contributed by atoms with Crippen molar-refractivity contribution in [3.05, 3.63) is 53.7 Å². The Morgan fingerprint density at radius 2 is 2.05 bits per heavy atom. The molecule has 1 atom stereocenters. The highest BCUT2D eigenvalue weighted by molar-refractivity contribution is 5.30. The van der Waals surface area contributed by atoms with Crippen molar-refractivity contribution in [1.82, 2.24) is 4.98 Å². The van der Waals surface area contributed by atoms with Crippen LogP contribution in [0.25, 0.3) is 0 Å². The molecule has 106 valence electrons. The van der Waals surface area contributed by atoms with Crippen molar-refractivity contribution in [1.29, 1.82) is 0 Å².